The van der Waals surface area contributed by atoms with Gasteiger partial charge in [0.05, 0.1) is 0 Å². The maximum atomic E-state index is 13.6. The van der Waals surface area contributed by atoms with Crippen LogP contribution in [0.25, 0.3) is 0 Å². The zero-order valence-electron chi connectivity index (χ0n) is 9.78. The second-order valence-corrected chi connectivity index (χ2v) is 4.76. The number of aryl methyl sites for hydroxylation is 1. The quantitative estimate of drug-likeness (QED) is 0.943. The molecule has 2 N–H and O–H groups in total. The maximum Gasteiger partial charge on any atom is 0.222 e. The monoisotopic (exact) mass is 310 g/mol. The van der Waals surface area contributed by atoms with Crippen LogP contribution in [0.5, 0.6) is 11.6 Å². The van der Waals surface area contributed by atoms with Crippen LogP contribution in [-0.4, -0.2) is 4.98 Å². The van der Waals surface area contributed by atoms with Crippen molar-refractivity contribution in [3.63, 3.8) is 0 Å². The van der Waals surface area contributed by atoms with E-state index in [2.05, 4.69) is 20.9 Å². The van der Waals surface area contributed by atoms with Gasteiger partial charge < -0.3 is 10.5 Å². The number of nitrogens with two attached hydrogens (primary N) is 1. The van der Waals surface area contributed by atoms with Crippen molar-refractivity contribution in [2.24, 2.45) is 5.73 Å². The first kappa shape index (κ1) is 13.0. The van der Waals surface area contributed by atoms with Gasteiger partial charge in [0.2, 0.25) is 5.88 Å². The molecule has 2 rings (SSSR count). The standard InChI is InChI=1S/C13H12BrFN2O/c1-8-4-9(6-16)7-17-13(8)18-12-3-2-10(14)5-11(12)15/h2-5,7H,6,16H2,1H3. The van der Waals surface area contributed by atoms with Gasteiger partial charge in [-0.15, -0.1) is 0 Å². The fourth-order valence-corrected chi connectivity index (χ4v) is 1.83. The van der Waals surface area contributed by atoms with Crippen LogP contribution >= 0.6 is 15.9 Å². The molecule has 1 aromatic carbocycles. The largest absolute Gasteiger partial charge is 0.436 e. The topological polar surface area (TPSA) is 48.1 Å². The van der Waals surface area contributed by atoms with Gasteiger partial charge in [0.1, 0.15) is 0 Å². The van der Waals surface area contributed by atoms with Gasteiger partial charge in [-0.05, 0) is 36.8 Å². The summed E-state index contributed by atoms with van der Waals surface area (Å²) in [5, 5.41) is 0. The van der Waals surface area contributed by atoms with Crippen molar-refractivity contribution in [2.75, 3.05) is 0 Å². The molecule has 0 saturated carbocycles. The molecule has 0 aliphatic heterocycles. The molecule has 1 aromatic heterocycles. The van der Waals surface area contributed by atoms with E-state index in [0.717, 1.165) is 11.1 Å². The highest BCUT2D eigenvalue weighted by molar-refractivity contribution is 9.10. The molecule has 0 aliphatic rings. The first-order valence-corrected chi connectivity index (χ1v) is 6.18. The molecular formula is C13H12BrFN2O. The summed E-state index contributed by atoms with van der Waals surface area (Å²) in [6, 6.07) is 6.48. The molecule has 0 unspecified atom stereocenters. The third kappa shape index (κ3) is 2.86. The van der Waals surface area contributed by atoms with E-state index in [9.17, 15) is 4.39 Å². The second kappa shape index (κ2) is 5.46. The Bertz CT molecular complexity index is 575. The molecule has 94 valence electrons. The van der Waals surface area contributed by atoms with Crippen molar-refractivity contribution in [3.05, 3.63) is 51.9 Å². The smallest absolute Gasteiger partial charge is 0.222 e. The van der Waals surface area contributed by atoms with E-state index in [1.165, 1.54) is 6.07 Å². The van der Waals surface area contributed by atoms with Gasteiger partial charge in [-0.25, -0.2) is 9.37 Å². The third-order valence-corrected chi connectivity index (χ3v) is 2.92. The summed E-state index contributed by atoms with van der Waals surface area (Å²) in [5.74, 6) is 0.0937. The molecule has 5 heteroatoms. The molecule has 0 atom stereocenters. The number of aromatic nitrogens is 1. The van der Waals surface area contributed by atoms with Gasteiger partial charge in [0, 0.05) is 22.8 Å². The highest BCUT2D eigenvalue weighted by Gasteiger charge is 2.08. The van der Waals surface area contributed by atoms with Crippen LogP contribution in [-0.2, 0) is 6.54 Å². The predicted molar refractivity (Wildman–Crippen MR) is 71.0 cm³/mol. The molecule has 1 heterocycles. The Hall–Kier alpha value is -1.46. The van der Waals surface area contributed by atoms with Crippen LogP contribution in [0, 0.1) is 12.7 Å². The van der Waals surface area contributed by atoms with E-state index >= 15 is 0 Å². The van der Waals surface area contributed by atoms with Gasteiger partial charge in [-0.1, -0.05) is 15.9 Å². The Kier molecular flexibility index (Phi) is 3.93. The van der Waals surface area contributed by atoms with Crippen LogP contribution < -0.4 is 10.5 Å². The summed E-state index contributed by atoms with van der Waals surface area (Å²) >= 11 is 3.19. The highest BCUT2D eigenvalue weighted by atomic mass is 79.9. The Morgan fingerprint density at radius 2 is 2.17 bits per heavy atom. The normalized spacial score (nSPS) is 10.4. The van der Waals surface area contributed by atoms with Crippen molar-refractivity contribution in [2.45, 2.75) is 13.5 Å². The average Bonchev–Trinajstić information content (AvgIpc) is 2.34. The van der Waals surface area contributed by atoms with Crippen LogP contribution in [0.1, 0.15) is 11.1 Å². The molecule has 18 heavy (non-hydrogen) atoms. The number of pyridine rings is 1. The minimum atomic E-state index is -0.437. The number of nitrogens with zero attached hydrogens (tertiary/aromatic N) is 1. The zero-order valence-corrected chi connectivity index (χ0v) is 11.4. The molecule has 0 spiro atoms. The van der Waals surface area contributed by atoms with E-state index in [4.69, 9.17) is 10.5 Å². The summed E-state index contributed by atoms with van der Waals surface area (Å²) in [6.07, 6.45) is 1.62. The van der Waals surface area contributed by atoms with E-state index < -0.39 is 5.82 Å². The van der Waals surface area contributed by atoms with Gasteiger partial charge in [0.25, 0.3) is 0 Å². The lowest BCUT2D eigenvalue weighted by Gasteiger charge is -2.09. The fraction of sp³-hybridized carbons (Fsp3) is 0.154. The summed E-state index contributed by atoms with van der Waals surface area (Å²) in [6.45, 7) is 2.26. The molecule has 0 amide bonds. The number of rotatable bonds is 3. The molecule has 0 saturated heterocycles. The number of halogens is 2. The Labute approximate surface area is 113 Å². The average molecular weight is 311 g/mol. The predicted octanol–water partition coefficient (Wildman–Crippen LogP) is 3.54. The van der Waals surface area contributed by atoms with Crippen molar-refractivity contribution >= 4 is 15.9 Å². The van der Waals surface area contributed by atoms with Crippen molar-refractivity contribution < 1.29 is 9.13 Å². The van der Waals surface area contributed by atoms with Crippen LogP contribution in [0.4, 0.5) is 4.39 Å². The SMILES string of the molecule is Cc1cc(CN)cnc1Oc1ccc(Br)cc1F. The molecule has 0 fully saturated rings. The molecule has 0 bridgehead atoms. The van der Waals surface area contributed by atoms with E-state index in [1.807, 2.05) is 13.0 Å². The lowest BCUT2D eigenvalue weighted by molar-refractivity contribution is 0.424. The number of hydrogen-bond acceptors (Lipinski definition) is 3. The molecule has 0 aliphatic carbocycles. The first-order chi connectivity index (χ1) is 8.60. The van der Waals surface area contributed by atoms with E-state index in [1.54, 1.807) is 18.3 Å². The Balaban J connectivity index is 2.28. The molecule has 0 radical (unpaired) electrons. The summed E-state index contributed by atoms with van der Waals surface area (Å²) < 4.78 is 19.7. The second-order valence-electron chi connectivity index (χ2n) is 3.85. The maximum absolute atomic E-state index is 13.6. The minimum Gasteiger partial charge on any atom is -0.436 e. The van der Waals surface area contributed by atoms with Crippen LogP contribution in [0.2, 0.25) is 0 Å². The Morgan fingerprint density at radius 1 is 1.39 bits per heavy atom. The summed E-state index contributed by atoms with van der Waals surface area (Å²) in [4.78, 5) is 4.13. The first-order valence-electron chi connectivity index (χ1n) is 5.38. The molecule has 2 aromatic rings. The van der Waals surface area contributed by atoms with E-state index in [-0.39, 0.29) is 5.75 Å². The Morgan fingerprint density at radius 3 is 2.78 bits per heavy atom. The van der Waals surface area contributed by atoms with Crippen LogP contribution in [0.15, 0.2) is 34.9 Å². The van der Waals surface area contributed by atoms with Crippen molar-refractivity contribution in [1.82, 2.24) is 4.98 Å². The van der Waals surface area contributed by atoms with Gasteiger partial charge in [-0.3, -0.25) is 0 Å². The minimum absolute atomic E-state index is 0.147. The van der Waals surface area contributed by atoms with E-state index in [0.29, 0.717) is 16.9 Å². The number of ether oxygens (including phenoxy) is 1. The third-order valence-electron chi connectivity index (χ3n) is 2.42. The summed E-state index contributed by atoms with van der Waals surface area (Å²) in [7, 11) is 0. The number of hydrogen-bond donors (Lipinski definition) is 1. The molecule has 3 nitrogen and oxygen atoms in total. The van der Waals surface area contributed by atoms with Crippen molar-refractivity contribution in [3.8, 4) is 11.6 Å². The van der Waals surface area contributed by atoms with Gasteiger partial charge >= 0.3 is 0 Å². The lowest BCUT2D eigenvalue weighted by Crippen LogP contribution is -2.00. The van der Waals surface area contributed by atoms with Gasteiger partial charge in [0.15, 0.2) is 11.6 Å². The lowest BCUT2D eigenvalue weighted by atomic mass is 10.2. The molecular weight excluding hydrogens is 299 g/mol. The zero-order chi connectivity index (χ0) is 13.1. The van der Waals surface area contributed by atoms with Crippen LogP contribution in [0.3, 0.4) is 0 Å². The summed E-state index contributed by atoms with van der Waals surface area (Å²) in [5.41, 5.74) is 7.25. The fourth-order valence-electron chi connectivity index (χ4n) is 1.50. The van der Waals surface area contributed by atoms with Gasteiger partial charge in [-0.2, -0.15) is 0 Å². The number of benzene rings is 1. The van der Waals surface area contributed by atoms with Crippen molar-refractivity contribution in [1.29, 1.82) is 0 Å². The highest BCUT2D eigenvalue weighted by Crippen LogP contribution is 2.27.